The Morgan fingerprint density at radius 2 is 1.00 bits per heavy atom. The van der Waals surface area contributed by atoms with Crippen molar-refractivity contribution in [2.75, 3.05) is 0 Å². The van der Waals surface area contributed by atoms with E-state index in [9.17, 15) is 24.3 Å². The number of hydrogen-bond acceptors (Lipinski definition) is 9. The fraction of sp³-hybridized carbons (Fsp3) is 0.600. The van der Waals surface area contributed by atoms with E-state index in [4.69, 9.17) is 0 Å². The van der Waals surface area contributed by atoms with Gasteiger partial charge in [0.15, 0.2) is 0 Å². The van der Waals surface area contributed by atoms with Crippen molar-refractivity contribution in [2.24, 2.45) is 17.8 Å². The van der Waals surface area contributed by atoms with Gasteiger partial charge in [-0.3, -0.25) is 19.2 Å². The third kappa shape index (κ3) is 6.75. The molecule has 13 heteroatoms. The van der Waals surface area contributed by atoms with Crippen molar-refractivity contribution in [2.45, 2.75) is 78.7 Å². The second-order valence-corrected chi connectivity index (χ2v) is 12.3. The van der Waals surface area contributed by atoms with Gasteiger partial charge in [-0.05, 0) is 24.7 Å². The van der Waals surface area contributed by atoms with Crippen LogP contribution in [-0.2, 0) is 9.59 Å². The van der Waals surface area contributed by atoms with E-state index < -0.39 is 53.9 Å². The van der Waals surface area contributed by atoms with Crippen LogP contribution in [0, 0.1) is 17.8 Å². The Bertz CT molecular complexity index is 1170. The summed E-state index contributed by atoms with van der Waals surface area (Å²) >= 11 is 2.48. The number of nitrogens with zero attached hydrogens (tertiary/aromatic N) is 2. The molecule has 208 valence electrons. The second kappa shape index (κ2) is 12.3. The van der Waals surface area contributed by atoms with Crippen molar-refractivity contribution < 1.29 is 24.3 Å². The van der Waals surface area contributed by atoms with Crippen LogP contribution in [0.1, 0.15) is 91.5 Å². The lowest BCUT2D eigenvalue weighted by Crippen LogP contribution is -2.58. The van der Waals surface area contributed by atoms with E-state index in [1.807, 2.05) is 27.7 Å². The smallest absolute Gasteiger partial charge is 0.271 e. The number of carbonyl (C=O) groups excluding carboxylic acids is 4. The number of aliphatic hydroxyl groups excluding tert-OH is 1. The van der Waals surface area contributed by atoms with Gasteiger partial charge in [-0.15, -0.1) is 22.7 Å². The van der Waals surface area contributed by atoms with Crippen LogP contribution in [0.3, 0.4) is 0 Å². The number of fused-ring (bicyclic) bond motifs is 4. The molecule has 3 rings (SSSR count). The van der Waals surface area contributed by atoms with Crippen LogP contribution in [0.15, 0.2) is 10.8 Å². The van der Waals surface area contributed by atoms with E-state index in [2.05, 4.69) is 31.2 Å². The Balaban J connectivity index is 2.07. The minimum Gasteiger partial charge on any atom is -0.391 e. The molecule has 0 aromatic carbocycles. The lowest BCUT2D eigenvalue weighted by molar-refractivity contribution is -0.133. The summed E-state index contributed by atoms with van der Waals surface area (Å²) in [5.41, 5.74) is 0.316. The molecular formula is C25H36N6O5S2. The molecule has 2 aromatic rings. The zero-order valence-electron chi connectivity index (χ0n) is 22.6. The number of aliphatic hydroxyl groups is 1. The van der Waals surface area contributed by atoms with Crippen LogP contribution in [0.5, 0.6) is 0 Å². The molecule has 4 amide bonds. The highest BCUT2D eigenvalue weighted by Gasteiger charge is 2.34. The number of thiazole rings is 2. The molecule has 2 aromatic heterocycles. The predicted molar refractivity (Wildman–Crippen MR) is 145 cm³/mol. The zero-order chi connectivity index (χ0) is 28.3. The maximum absolute atomic E-state index is 13.2. The monoisotopic (exact) mass is 564 g/mol. The van der Waals surface area contributed by atoms with E-state index in [-0.39, 0.29) is 29.1 Å². The van der Waals surface area contributed by atoms with Crippen molar-refractivity contribution in [3.05, 3.63) is 32.2 Å². The van der Waals surface area contributed by atoms with Gasteiger partial charge < -0.3 is 26.4 Å². The van der Waals surface area contributed by atoms with Gasteiger partial charge in [-0.2, -0.15) is 0 Å². The molecule has 11 nitrogen and oxygen atoms in total. The largest absolute Gasteiger partial charge is 0.391 e. The fourth-order valence-corrected chi connectivity index (χ4v) is 5.99. The van der Waals surface area contributed by atoms with E-state index in [0.29, 0.717) is 10.0 Å². The lowest BCUT2D eigenvalue weighted by Gasteiger charge is -2.28. The molecule has 1 aliphatic heterocycles. The summed E-state index contributed by atoms with van der Waals surface area (Å²) in [7, 11) is 0. The van der Waals surface area contributed by atoms with E-state index in [1.165, 1.54) is 29.6 Å². The number of hydrogen-bond donors (Lipinski definition) is 5. The predicted octanol–water partition coefficient (Wildman–Crippen LogP) is 2.17. The molecule has 0 saturated carbocycles. The molecule has 3 heterocycles. The Labute approximate surface area is 230 Å². The molecule has 38 heavy (non-hydrogen) atoms. The van der Waals surface area contributed by atoms with Crippen molar-refractivity contribution in [1.82, 2.24) is 31.2 Å². The average Bonchev–Trinajstić information content (AvgIpc) is 3.51. The quantitative estimate of drug-likeness (QED) is 0.380. The van der Waals surface area contributed by atoms with Gasteiger partial charge in [0.1, 0.15) is 33.5 Å². The summed E-state index contributed by atoms with van der Waals surface area (Å²) in [6, 6.07) is -3.28. The van der Waals surface area contributed by atoms with Gasteiger partial charge in [0.25, 0.3) is 11.8 Å². The van der Waals surface area contributed by atoms with Gasteiger partial charge in [0.05, 0.1) is 18.2 Å². The van der Waals surface area contributed by atoms with Gasteiger partial charge in [0.2, 0.25) is 11.8 Å². The summed E-state index contributed by atoms with van der Waals surface area (Å²) in [5.74, 6) is -2.60. The number of aromatic nitrogens is 2. The zero-order valence-corrected chi connectivity index (χ0v) is 24.2. The van der Waals surface area contributed by atoms with Crippen molar-refractivity contribution in [3.8, 4) is 0 Å². The first-order valence-corrected chi connectivity index (χ1v) is 14.4. The third-order valence-electron chi connectivity index (χ3n) is 6.26. The molecule has 0 saturated heterocycles. The maximum Gasteiger partial charge on any atom is 0.271 e. The molecule has 5 atom stereocenters. The minimum atomic E-state index is -1.28. The Kier molecular flexibility index (Phi) is 9.60. The van der Waals surface area contributed by atoms with E-state index in [0.717, 1.165) is 0 Å². The van der Waals surface area contributed by atoms with Crippen LogP contribution in [0.25, 0.3) is 0 Å². The summed E-state index contributed by atoms with van der Waals surface area (Å²) in [4.78, 5) is 61.6. The van der Waals surface area contributed by atoms with Crippen LogP contribution in [0.4, 0.5) is 0 Å². The summed E-state index contributed by atoms with van der Waals surface area (Å²) < 4.78 is 0. The molecule has 0 aliphatic carbocycles. The first-order valence-electron chi connectivity index (χ1n) is 12.6. The van der Waals surface area contributed by atoms with Gasteiger partial charge >= 0.3 is 0 Å². The molecule has 0 radical (unpaired) electrons. The lowest BCUT2D eigenvalue weighted by atomic mass is 10.0. The topological polar surface area (TPSA) is 162 Å². The minimum absolute atomic E-state index is 0.0287. The third-order valence-corrected chi connectivity index (χ3v) is 8.11. The molecule has 1 aliphatic rings. The average molecular weight is 565 g/mol. The fourth-order valence-electron chi connectivity index (χ4n) is 3.95. The van der Waals surface area contributed by atoms with Crippen LogP contribution < -0.4 is 21.3 Å². The number of nitrogens with one attached hydrogen (secondary N) is 4. The second-order valence-electron chi connectivity index (χ2n) is 10.5. The highest BCUT2D eigenvalue weighted by atomic mass is 32.1. The molecular weight excluding hydrogens is 528 g/mol. The van der Waals surface area contributed by atoms with Gasteiger partial charge in [-0.25, -0.2) is 9.97 Å². The first kappa shape index (κ1) is 29.7. The standard InChI is InChI=1S/C25H36N6O5S2/c1-10(2)16-22(35)31-19(13(7)32)23(36)30-18(12(5)6)25-27-15(9-38-25)21(34)29-17(11(3)4)24-26-14(8-37-24)20(33)28-16/h8-13,16-19,32H,1-7H3,(H,28,33)(H,29,34)(H,30,36)(H,31,35)/t13-,16-,17+,18+,19-/m1/s1. The van der Waals surface area contributed by atoms with Crippen LogP contribution >= 0.6 is 22.7 Å². The Morgan fingerprint density at radius 3 is 1.42 bits per heavy atom. The normalized spacial score (nSPS) is 24.4. The van der Waals surface area contributed by atoms with Crippen molar-refractivity contribution >= 4 is 46.3 Å². The molecule has 0 unspecified atom stereocenters. The Hall–Kier alpha value is -2.90. The van der Waals surface area contributed by atoms with Crippen molar-refractivity contribution in [1.29, 1.82) is 0 Å². The van der Waals surface area contributed by atoms with E-state index >= 15 is 0 Å². The summed E-state index contributed by atoms with van der Waals surface area (Å²) in [6.45, 7) is 12.6. The Morgan fingerprint density at radius 1 is 0.632 bits per heavy atom. The highest BCUT2D eigenvalue weighted by Crippen LogP contribution is 2.28. The summed E-state index contributed by atoms with van der Waals surface area (Å²) in [6.07, 6.45) is -1.22. The maximum atomic E-state index is 13.2. The number of rotatable bonds is 4. The van der Waals surface area contributed by atoms with Gasteiger partial charge in [0, 0.05) is 10.8 Å². The number of carbonyl (C=O) groups is 4. The molecule has 0 spiro atoms. The SMILES string of the molecule is CC(C)[C@@H]1NC(=O)c2csc(n2)[C@H](C(C)C)NC(=O)[C@@H]([C@@H](C)O)NC(=O)[C@@H](C(C)C)NC(=O)c2csc1n2. The highest BCUT2D eigenvalue weighted by molar-refractivity contribution is 7.10. The molecule has 0 fully saturated rings. The van der Waals surface area contributed by atoms with Gasteiger partial charge in [-0.1, -0.05) is 41.5 Å². The van der Waals surface area contributed by atoms with E-state index in [1.54, 1.807) is 24.6 Å². The molecule has 4 bridgehead atoms. The van der Waals surface area contributed by atoms with Crippen LogP contribution in [0.2, 0.25) is 0 Å². The van der Waals surface area contributed by atoms with Crippen molar-refractivity contribution in [3.63, 3.8) is 0 Å². The summed E-state index contributed by atoms with van der Waals surface area (Å²) in [5, 5.41) is 25.8. The molecule has 5 N–H and O–H groups in total. The first-order chi connectivity index (χ1) is 17.8. The van der Waals surface area contributed by atoms with Crippen LogP contribution in [-0.4, -0.2) is 56.9 Å². The number of amides is 4.